The lowest BCUT2D eigenvalue weighted by molar-refractivity contribution is 0.232. The van der Waals surface area contributed by atoms with Gasteiger partial charge in [0.2, 0.25) is 11.8 Å². The average molecular weight is 233 g/mol. The van der Waals surface area contributed by atoms with Crippen LogP contribution in [0.2, 0.25) is 0 Å². The highest BCUT2D eigenvalue weighted by atomic mass is 16.5. The molecule has 0 aliphatic rings. The molecule has 17 heavy (non-hydrogen) atoms. The maximum atomic E-state index is 5.49. The van der Waals surface area contributed by atoms with Crippen molar-refractivity contribution in [1.29, 1.82) is 0 Å². The standard InChI is InChI=1S/C11H15N5O/c1-8(2)17-10-4-5-12-11(15-10)14-9-6-13-16(3)7-9/h4-8H,1-3H3,(H,12,14,15). The van der Waals surface area contributed by atoms with Gasteiger partial charge in [-0.25, -0.2) is 4.98 Å². The van der Waals surface area contributed by atoms with E-state index in [9.17, 15) is 0 Å². The number of anilines is 2. The van der Waals surface area contributed by atoms with Gasteiger partial charge in [-0.15, -0.1) is 0 Å². The Labute approximate surface area is 99.7 Å². The van der Waals surface area contributed by atoms with Gasteiger partial charge in [0.05, 0.1) is 18.0 Å². The quantitative estimate of drug-likeness (QED) is 0.871. The first kappa shape index (κ1) is 11.4. The van der Waals surface area contributed by atoms with Gasteiger partial charge in [0.25, 0.3) is 0 Å². The number of nitrogens with one attached hydrogen (secondary N) is 1. The molecule has 1 N–H and O–H groups in total. The monoisotopic (exact) mass is 233 g/mol. The second-order valence-electron chi connectivity index (χ2n) is 3.91. The smallest absolute Gasteiger partial charge is 0.230 e. The molecule has 90 valence electrons. The summed E-state index contributed by atoms with van der Waals surface area (Å²) in [6.45, 7) is 3.91. The molecular formula is C11H15N5O. The molecule has 0 fully saturated rings. The van der Waals surface area contributed by atoms with Crippen molar-refractivity contribution in [2.24, 2.45) is 7.05 Å². The molecule has 0 bridgehead atoms. The van der Waals surface area contributed by atoms with E-state index in [1.807, 2.05) is 27.1 Å². The number of rotatable bonds is 4. The van der Waals surface area contributed by atoms with Gasteiger partial charge in [-0.3, -0.25) is 4.68 Å². The van der Waals surface area contributed by atoms with Crippen molar-refractivity contribution in [2.45, 2.75) is 20.0 Å². The molecule has 0 aromatic carbocycles. The lowest BCUT2D eigenvalue weighted by Crippen LogP contribution is -2.08. The molecule has 0 aliphatic carbocycles. The molecule has 0 atom stereocenters. The fourth-order valence-electron chi connectivity index (χ4n) is 1.32. The van der Waals surface area contributed by atoms with E-state index >= 15 is 0 Å². The fraction of sp³-hybridized carbons (Fsp3) is 0.364. The highest BCUT2D eigenvalue weighted by molar-refractivity contribution is 5.50. The summed E-state index contributed by atoms with van der Waals surface area (Å²) in [5.74, 6) is 1.05. The first-order valence-electron chi connectivity index (χ1n) is 5.39. The second kappa shape index (κ2) is 4.82. The van der Waals surface area contributed by atoms with Crippen LogP contribution < -0.4 is 10.1 Å². The molecule has 2 aromatic rings. The molecule has 0 saturated carbocycles. The van der Waals surface area contributed by atoms with Crippen LogP contribution in [-0.2, 0) is 7.05 Å². The number of ether oxygens (including phenoxy) is 1. The third-order valence-corrected chi connectivity index (χ3v) is 1.95. The highest BCUT2D eigenvalue weighted by Gasteiger charge is 2.03. The van der Waals surface area contributed by atoms with E-state index < -0.39 is 0 Å². The fourth-order valence-corrected chi connectivity index (χ4v) is 1.32. The maximum absolute atomic E-state index is 5.49. The molecule has 6 heteroatoms. The van der Waals surface area contributed by atoms with Gasteiger partial charge < -0.3 is 10.1 Å². The van der Waals surface area contributed by atoms with Gasteiger partial charge in [-0.1, -0.05) is 0 Å². The minimum absolute atomic E-state index is 0.0936. The van der Waals surface area contributed by atoms with Crippen LogP contribution in [-0.4, -0.2) is 25.9 Å². The van der Waals surface area contributed by atoms with Crippen LogP contribution in [0.4, 0.5) is 11.6 Å². The van der Waals surface area contributed by atoms with Gasteiger partial charge in [0, 0.05) is 25.5 Å². The van der Waals surface area contributed by atoms with E-state index in [4.69, 9.17) is 4.74 Å². The van der Waals surface area contributed by atoms with E-state index in [1.54, 1.807) is 23.1 Å². The van der Waals surface area contributed by atoms with E-state index in [1.165, 1.54) is 0 Å². The summed E-state index contributed by atoms with van der Waals surface area (Å²) in [6, 6.07) is 1.73. The van der Waals surface area contributed by atoms with Crippen molar-refractivity contribution >= 4 is 11.6 Å². The van der Waals surface area contributed by atoms with Crippen molar-refractivity contribution in [3.8, 4) is 5.88 Å². The maximum Gasteiger partial charge on any atom is 0.230 e. The molecule has 6 nitrogen and oxygen atoms in total. The van der Waals surface area contributed by atoms with Crippen LogP contribution in [0, 0.1) is 0 Å². The Hall–Kier alpha value is -2.11. The van der Waals surface area contributed by atoms with E-state index in [0.29, 0.717) is 11.8 Å². The Kier molecular flexibility index (Phi) is 3.22. The van der Waals surface area contributed by atoms with Crippen molar-refractivity contribution < 1.29 is 4.74 Å². The normalized spacial score (nSPS) is 10.6. The first-order valence-corrected chi connectivity index (χ1v) is 5.39. The van der Waals surface area contributed by atoms with E-state index in [2.05, 4.69) is 20.4 Å². The summed E-state index contributed by atoms with van der Waals surface area (Å²) in [7, 11) is 1.85. The molecule has 0 radical (unpaired) electrons. The lowest BCUT2D eigenvalue weighted by atomic mass is 10.5. The predicted molar refractivity (Wildman–Crippen MR) is 64.3 cm³/mol. The summed E-state index contributed by atoms with van der Waals surface area (Å²) < 4.78 is 7.19. The molecule has 0 spiro atoms. The van der Waals surface area contributed by atoms with E-state index in [-0.39, 0.29) is 6.10 Å². The largest absolute Gasteiger partial charge is 0.475 e. The Bertz CT molecular complexity index is 494. The van der Waals surface area contributed by atoms with Crippen molar-refractivity contribution in [3.05, 3.63) is 24.7 Å². The Morgan fingerprint density at radius 1 is 1.41 bits per heavy atom. The Morgan fingerprint density at radius 2 is 2.24 bits per heavy atom. The van der Waals surface area contributed by atoms with Crippen LogP contribution >= 0.6 is 0 Å². The van der Waals surface area contributed by atoms with Crippen LogP contribution in [0.15, 0.2) is 24.7 Å². The lowest BCUT2D eigenvalue weighted by Gasteiger charge is -2.09. The van der Waals surface area contributed by atoms with Crippen molar-refractivity contribution in [3.63, 3.8) is 0 Å². The number of hydrogen-bond donors (Lipinski definition) is 1. The van der Waals surface area contributed by atoms with Crippen molar-refractivity contribution in [1.82, 2.24) is 19.7 Å². The zero-order valence-electron chi connectivity index (χ0n) is 10.1. The number of aryl methyl sites for hydroxylation is 1. The summed E-state index contributed by atoms with van der Waals surface area (Å²) in [4.78, 5) is 8.35. The van der Waals surface area contributed by atoms with Crippen LogP contribution in [0.3, 0.4) is 0 Å². The first-order chi connectivity index (χ1) is 8.13. The van der Waals surface area contributed by atoms with Gasteiger partial charge in [-0.2, -0.15) is 10.1 Å². The number of aromatic nitrogens is 4. The molecule has 2 rings (SSSR count). The number of nitrogens with zero attached hydrogens (tertiary/aromatic N) is 4. The summed E-state index contributed by atoms with van der Waals surface area (Å²) in [5.41, 5.74) is 0.842. The topological polar surface area (TPSA) is 64.9 Å². The van der Waals surface area contributed by atoms with Crippen LogP contribution in [0.5, 0.6) is 5.88 Å². The van der Waals surface area contributed by atoms with Crippen molar-refractivity contribution in [2.75, 3.05) is 5.32 Å². The molecule has 2 aromatic heterocycles. The Morgan fingerprint density at radius 3 is 2.88 bits per heavy atom. The minimum Gasteiger partial charge on any atom is -0.475 e. The minimum atomic E-state index is 0.0936. The SMILES string of the molecule is CC(C)Oc1ccnc(Nc2cnn(C)c2)n1. The summed E-state index contributed by atoms with van der Waals surface area (Å²) in [5, 5.41) is 7.10. The van der Waals surface area contributed by atoms with Crippen LogP contribution in [0.1, 0.15) is 13.8 Å². The zero-order chi connectivity index (χ0) is 12.3. The third-order valence-electron chi connectivity index (χ3n) is 1.95. The molecular weight excluding hydrogens is 218 g/mol. The zero-order valence-corrected chi connectivity index (χ0v) is 10.1. The summed E-state index contributed by atoms with van der Waals surface area (Å²) in [6.07, 6.45) is 5.30. The number of hydrogen-bond acceptors (Lipinski definition) is 5. The van der Waals surface area contributed by atoms with Gasteiger partial charge >= 0.3 is 0 Å². The Balaban J connectivity index is 2.10. The molecule has 0 saturated heterocycles. The van der Waals surface area contributed by atoms with Gasteiger partial charge in [-0.05, 0) is 13.8 Å². The van der Waals surface area contributed by atoms with Gasteiger partial charge in [0.15, 0.2) is 0 Å². The molecule has 0 amide bonds. The third kappa shape index (κ3) is 3.17. The van der Waals surface area contributed by atoms with Gasteiger partial charge in [0.1, 0.15) is 0 Å². The van der Waals surface area contributed by atoms with E-state index in [0.717, 1.165) is 5.69 Å². The molecule has 0 aliphatic heterocycles. The molecule has 2 heterocycles. The highest BCUT2D eigenvalue weighted by Crippen LogP contribution is 2.14. The second-order valence-corrected chi connectivity index (χ2v) is 3.91. The predicted octanol–water partition coefficient (Wildman–Crippen LogP) is 1.74. The molecule has 0 unspecified atom stereocenters. The summed E-state index contributed by atoms with van der Waals surface area (Å²) >= 11 is 0. The van der Waals surface area contributed by atoms with Crippen LogP contribution in [0.25, 0.3) is 0 Å². The average Bonchev–Trinajstić information content (AvgIpc) is 2.63.